The lowest BCUT2D eigenvalue weighted by Gasteiger charge is -2.14. The van der Waals surface area contributed by atoms with E-state index in [1.807, 2.05) is 13.8 Å². The molecule has 90 valence electrons. The topological polar surface area (TPSA) is 85.7 Å². The number of methoxy groups -OCH3 is 1. The summed E-state index contributed by atoms with van der Waals surface area (Å²) in [5.41, 5.74) is 11.2. The van der Waals surface area contributed by atoms with E-state index in [0.717, 1.165) is 0 Å². The second kappa shape index (κ2) is 6.55. The molecule has 0 bridgehead atoms. The molecule has 5 heteroatoms. The maximum Gasteiger partial charge on any atom is 0.171 e. The molecule has 0 amide bonds. The molecule has 0 rings (SSSR count). The lowest BCUT2D eigenvalue weighted by atomic mass is 10.3. The van der Waals surface area contributed by atoms with Crippen LogP contribution in [0.15, 0.2) is 41.5 Å². The van der Waals surface area contributed by atoms with E-state index in [2.05, 4.69) is 23.5 Å². The summed E-state index contributed by atoms with van der Waals surface area (Å²) in [6, 6.07) is 0.183. The molecular weight excluding hydrogens is 204 g/mol. The number of amidine groups is 1. The number of hydrogen-bond acceptors (Lipinski definition) is 4. The Morgan fingerprint density at radius 1 is 1.44 bits per heavy atom. The predicted octanol–water partition coefficient (Wildman–Crippen LogP) is 0.816. The van der Waals surface area contributed by atoms with Crippen LogP contribution in [0.4, 0.5) is 0 Å². The highest BCUT2D eigenvalue weighted by Gasteiger charge is 2.06. The van der Waals surface area contributed by atoms with Crippen molar-refractivity contribution in [1.29, 1.82) is 0 Å². The van der Waals surface area contributed by atoms with Gasteiger partial charge >= 0.3 is 0 Å². The van der Waals surface area contributed by atoms with E-state index in [-0.39, 0.29) is 17.6 Å². The van der Waals surface area contributed by atoms with Crippen LogP contribution in [0.25, 0.3) is 0 Å². The molecule has 0 heterocycles. The molecule has 0 saturated heterocycles. The van der Waals surface area contributed by atoms with Gasteiger partial charge in [-0.3, -0.25) is 0 Å². The summed E-state index contributed by atoms with van der Waals surface area (Å²) in [5.74, 6) is 1.13. The van der Waals surface area contributed by atoms with E-state index in [1.165, 1.54) is 7.11 Å². The molecule has 0 aliphatic rings. The molecule has 0 atom stereocenters. The number of hydrogen-bond donors (Lipinski definition) is 3. The van der Waals surface area contributed by atoms with Crippen LogP contribution in [0, 0.1) is 0 Å². The van der Waals surface area contributed by atoms with Gasteiger partial charge in [0.25, 0.3) is 0 Å². The number of nitrogens with one attached hydrogen (secondary N) is 1. The summed E-state index contributed by atoms with van der Waals surface area (Å²) in [5, 5.41) is 3.09. The predicted molar refractivity (Wildman–Crippen MR) is 67.5 cm³/mol. The first-order chi connectivity index (χ1) is 7.42. The average molecular weight is 224 g/mol. The molecule has 0 saturated carbocycles. The van der Waals surface area contributed by atoms with Crippen molar-refractivity contribution in [3.8, 4) is 0 Å². The fourth-order valence-electron chi connectivity index (χ4n) is 0.901. The molecule has 0 aromatic carbocycles. The highest BCUT2D eigenvalue weighted by atomic mass is 16.5. The van der Waals surface area contributed by atoms with Crippen molar-refractivity contribution in [2.45, 2.75) is 19.9 Å². The van der Waals surface area contributed by atoms with Crippen LogP contribution in [0.3, 0.4) is 0 Å². The van der Waals surface area contributed by atoms with Gasteiger partial charge in [0.1, 0.15) is 5.84 Å². The Morgan fingerprint density at radius 3 is 2.31 bits per heavy atom. The molecule has 0 aliphatic carbocycles. The van der Waals surface area contributed by atoms with Gasteiger partial charge in [-0.25, -0.2) is 4.99 Å². The van der Waals surface area contributed by atoms with Crippen molar-refractivity contribution in [1.82, 2.24) is 5.32 Å². The van der Waals surface area contributed by atoms with Crippen LogP contribution in [0.1, 0.15) is 13.8 Å². The fourth-order valence-corrected chi connectivity index (χ4v) is 0.901. The van der Waals surface area contributed by atoms with Crippen LogP contribution in [0.2, 0.25) is 0 Å². The smallest absolute Gasteiger partial charge is 0.171 e. The normalized spacial score (nSPS) is 13.1. The number of allylic oxidation sites excluding steroid dienone is 1. The number of rotatable bonds is 6. The zero-order chi connectivity index (χ0) is 12.7. The minimum absolute atomic E-state index is 0.152. The maximum atomic E-state index is 5.60. The zero-order valence-electron chi connectivity index (χ0n) is 10.1. The van der Waals surface area contributed by atoms with E-state index in [0.29, 0.717) is 11.6 Å². The Kier molecular flexibility index (Phi) is 5.77. The fraction of sp³-hybridized carbons (Fsp3) is 0.364. The third-order valence-corrected chi connectivity index (χ3v) is 1.63. The summed E-state index contributed by atoms with van der Waals surface area (Å²) < 4.78 is 5.11. The van der Waals surface area contributed by atoms with E-state index >= 15 is 0 Å². The average Bonchev–Trinajstić information content (AvgIpc) is 2.18. The number of ether oxygens (including phenoxy) is 1. The standard InChI is InChI=1S/C11H20N4O/c1-6-9(16-5)11(14-7(2)3)15-10(13)8(4)12/h6-7,14H,1,4,12H2,2-3,5H3,(H2,13,15)/b11-9+. The first-order valence-corrected chi connectivity index (χ1v) is 4.88. The van der Waals surface area contributed by atoms with Gasteiger partial charge < -0.3 is 21.5 Å². The molecule has 0 fully saturated rings. The Morgan fingerprint density at radius 2 is 2.00 bits per heavy atom. The van der Waals surface area contributed by atoms with E-state index in [1.54, 1.807) is 6.08 Å². The molecular formula is C11H20N4O. The van der Waals surface area contributed by atoms with E-state index < -0.39 is 0 Å². The van der Waals surface area contributed by atoms with Crippen molar-refractivity contribution in [3.05, 3.63) is 36.5 Å². The number of aliphatic imine (C=N–C) groups is 1. The maximum absolute atomic E-state index is 5.60. The third kappa shape index (κ3) is 4.54. The van der Waals surface area contributed by atoms with Crippen molar-refractivity contribution < 1.29 is 4.74 Å². The van der Waals surface area contributed by atoms with E-state index in [9.17, 15) is 0 Å². The summed E-state index contributed by atoms with van der Waals surface area (Å²) in [6.07, 6.45) is 1.54. The first kappa shape index (κ1) is 14.1. The molecule has 0 spiro atoms. The molecule has 16 heavy (non-hydrogen) atoms. The van der Waals surface area contributed by atoms with Gasteiger partial charge in [-0.1, -0.05) is 13.2 Å². The summed E-state index contributed by atoms with van der Waals surface area (Å²) in [4.78, 5) is 4.10. The van der Waals surface area contributed by atoms with Crippen LogP contribution in [-0.2, 0) is 4.74 Å². The highest BCUT2D eigenvalue weighted by molar-refractivity contribution is 5.96. The number of nitrogens with two attached hydrogens (primary N) is 2. The minimum Gasteiger partial charge on any atom is -0.493 e. The van der Waals surface area contributed by atoms with Crippen molar-refractivity contribution in [3.63, 3.8) is 0 Å². The highest BCUT2D eigenvalue weighted by Crippen LogP contribution is 2.07. The third-order valence-electron chi connectivity index (χ3n) is 1.63. The molecule has 5 N–H and O–H groups in total. The Hall–Kier alpha value is -1.91. The van der Waals surface area contributed by atoms with Gasteiger partial charge in [0.15, 0.2) is 11.6 Å². The molecule has 0 aromatic heterocycles. The summed E-state index contributed by atoms with van der Waals surface area (Å²) in [7, 11) is 1.53. The van der Waals surface area contributed by atoms with Crippen LogP contribution >= 0.6 is 0 Å². The molecule has 5 nitrogen and oxygen atoms in total. The van der Waals surface area contributed by atoms with E-state index in [4.69, 9.17) is 16.2 Å². The lowest BCUT2D eigenvalue weighted by molar-refractivity contribution is 0.297. The number of nitrogens with zero attached hydrogens (tertiary/aromatic N) is 1. The van der Waals surface area contributed by atoms with Crippen molar-refractivity contribution in [2.75, 3.05) is 7.11 Å². The second-order valence-corrected chi connectivity index (χ2v) is 3.44. The van der Waals surface area contributed by atoms with Gasteiger partial charge in [-0.15, -0.1) is 0 Å². The quantitative estimate of drug-likeness (QED) is 0.270. The minimum atomic E-state index is 0.152. The van der Waals surface area contributed by atoms with Crippen molar-refractivity contribution >= 4 is 5.84 Å². The first-order valence-electron chi connectivity index (χ1n) is 4.88. The second-order valence-electron chi connectivity index (χ2n) is 3.44. The zero-order valence-corrected chi connectivity index (χ0v) is 10.1. The Bertz CT molecular complexity index is 329. The van der Waals surface area contributed by atoms with Crippen molar-refractivity contribution in [2.24, 2.45) is 16.5 Å². The SMILES string of the molecule is C=C/C(OC)=C(\N=C(N)C(=C)N)NC(C)C. The Balaban J connectivity index is 5.25. The van der Waals surface area contributed by atoms with Gasteiger partial charge in [0.2, 0.25) is 0 Å². The monoisotopic (exact) mass is 224 g/mol. The largest absolute Gasteiger partial charge is 0.493 e. The Labute approximate surface area is 96.6 Å². The molecule has 0 unspecified atom stereocenters. The van der Waals surface area contributed by atoms with Crippen LogP contribution < -0.4 is 16.8 Å². The molecule has 0 aromatic rings. The van der Waals surface area contributed by atoms with Crippen LogP contribution in [0.5, 0.6) is 0 Å². The molecule has 0 aliphatic heterocycles. The van der Waals surface area contributed by atoms with Gasteiger partial charge in [0, 0.05) is 6.04 Å². The molecule has 0 radical (unpaired) electrons. The van der Waals surface area contributed by atoms with Gasteiger partial charge in [-0.05, 0) is 19.9 Å². The van der Waals surface area contributed by atoms with Crippen LogP contribution in [-0.4, -0.2) is 19.0 Å². The van der Waals surface area contributed by atoms with Gasteiger partial charge in [0.05, 0.1) is 12.8 Å². The lowest BCUT2D eigenvalue weighted by Crippen LogP contribution is -2.26. The van der Waals surface area contributed by atoms with Gasteiger partial charge in [-0.2, -0.15) is 0 Å². The summed E-state index contributed by atoms with van der Waals surface area (Å²) >= 11 is 0. The summed E-state index contributed by atoms with van der Waals surface area (Å²) in [6.45, 7) is 11.1.